The highest BCUT2D eigenvalue weighted by Gasteiger charge is 2.45. The standard InChI is InChI=1S/C46H57N9O6S/c1-6-54-39-10-9-28-16-33(39)35(42(54)34-18-30(22-48-41(34)27(2)59-5)53-13-12-52-14-15-60-24-31(52)23-53)20-46(3,4)26-61-45(58)36-8-7-11-55(51-36)44(57)37(19-40-49-38(28)25-62-40)50-43(56)32-17-29(32)21-47/h9-10,16,18,22,25,27,29,31-32,36-37,51H,6-8,11-15,17,19-20,23-24,26H2,1-5H3,(H,50,56)/t27-,29-,31-,32+,36-,37-/m0/s1. The van der Waals surface area contributed by atoms with E-state index in [0.29, 0.717) is 49.8 Å². The molecule has 62 heavy (non-hydrogen) atoms. The van der Waals surface area contributed by atoms with Crippen molar-refractivity contribution >= 4 is 45.7 Å². The number of pyridine rings is 1. The van der Waals surface area contributed by atoms with Gasteiger partial charge < -0.3 is 29.0 Å². The third-order valence-electron chi connectivity index (χ3n) is 13.3. The molecule has 5 aliphatic rings. The monoisotopic (exact) mass is 863 g/mol. The summed E-state index contributed by atoms with van der Waals surface area (Å²) in [7, 11) is 1.72. The van der Waals surface area contributed by atoms with Gasteiger partial charge >= 0.3 is 5.97 Å². The van der Waals surface area contributed by atoms with Crippen LogP contribution in [0, 0.1) is 28.6 Å². The second kappa shape index (κ2) is 17.3. The molecule has 2 N–H and O–H groups in total. The Labute approximate surface area is 366 Å². The number of piperazine rings is 1. The summed E-state index contributed by atoms with van der Waals surface area (Å²) in [5, 5.41) is 17.6. The zero-order valence-electron chi connectivity index (χ0n) is 36.3. The normalized spacial score (nSPS) is 26.0. The molecular weight excluding hydrogens is 807 g/mol. The number of thiazole rings is 1. The Hall–Kier alpha value is -4.92. The van der Waals surface area contributed by atoms with E-state index in [0.717, 1.165) is 89.8 Å². The number of carbonyl (C=O) groups is 3. The van der Waals surface area contributed by atoms with E-state index in [1.54, 1.807) is 7.11 Å². The number of aromatic nitrogens is 3. The Kier molecular flexibility index (Phi) is 11.8. The average molecular weight is 864 g/mol. The van der Waals surface area contributed by atoms with Crippen molar-refractivity contribution in [2.75, 3.05) is 64.6 Å². The van der Waals surface area contributed by atoms with Gasteiger partial charge in [0, 0.05) is 85.6 Å². The topological polar surface area (TPSA) is 167 Å². The summed E-state index contributed by atoms with van der Waals surface area (Å²) in [6.07, 6.45) is 4.03. The lowest BCUT2D eigenvalue weighted by molar-refractivity contribution is -0.155. The molecule has 328 valence electrons. The number of aryl methyl sites for hydroxylation is 1. The first-order chi connectivity index (χ1) is 29.9. The molecule has 4 aliphatic heterocycles. The predicted molar refractivity (Wildman–Crippen MR) is 235 cm³/mol. The molecule has 0 unspecified atom stereocenters. The molecule has 0 radical (unpaired) electrons. The first-order valence-corrected chi connectivity index (χ1v) is 23.0. The van der Waals surface area contributed by atoms with Crippen molar-refractivity contribution < 1.29 is 28.6 Å². The summed E-state index contributed by atoms with van der Waals surface area (Å²) in [6.45, 7) is 14.9. The number of esters is 1. The lowest BCUT2D eigenvalue weighted by Crippen LogP contribution is -2.60. The highest BCUT2D eigenvalue weighted by atomic mass is 32.1. The number of anilines is 1. The molecule has 15 nitrogen and oxygen atoms in total. The second-order valence-electron chi connectivity index (χ2n) is 18.3. The maximum absolute atomic E-state index is 14.2. The number of carbonyl (C=O) groups excluding carboxylic acids is 3. The van der Waals surface area contributed by atoms with Crippen LogP contribution in [0.3, 0.4) is 0 Å². The van der Waals surface area contributed by atoms with E-state index in [1.807, 2.05) is 18.5 Å². The van der Waals surface area contributed by atoms with Gasteiger partial charge in [-0.2, -0.15) is 5.26 Å². The molecule has 16 heteroatoms. The fraction of sp³-hybridized carbons (Fsp3) is 0.565. The molecule has 7 heterocycles. The summed E-state index contributed by atoms with van der Waals surface area (Å²) >= 11 is 1.44. The Morgan fingerprint density at radius 3 is 2.84 bits per heavy atom. The number of nitrogens with zero attached hydrogens (tertiary/aromatic N) is 7. The molecular formula is C46H57N9O6S. The first-order valence-electron chi connectivity index (χ1n) is 22.1. The Balaban J connectivity index is 1.15. The number of morpholine rings is 1. The molecule has 1 aromatic carbocycles. The number of methoxy groups -OCH3 is 1. The molecule has 4 fully saturated rings. The minimum absolute atomic E-state index is 0.152. The minimum atomic E-state index is -0.940. The molecule has 2 amide bonds. The van der Waals surface area contributed by atoms with E-state index in [9.17, 15) is 19.6 Å². The lowest BCUT2D eigenvalue weighted by atomic mass is 9.84. The Morgan fingerprint density at radius 1 is 1.19 bits per heavy atom. The van der Waals surface area contributed by atoms with Gasteiger partial charge in [-0.25, -0.2) is 10.4 Å². The number of nitriles is 1. The summed E-state index contributed by atoms with van der Waals surface area (Å²) < 4.78 is 20.4. The van der Waals surface area contributed by atoms with Crippen molar-refractivity contribution in [2.24, 2.45) is 17.3 Å². The van der Waals surface area contributed by atoms with Gasteiger partial charge in [-0.1, -0.05) is 19.9 Å². The maximum atomic E-state index is 14.2. The fourth-order valence-corrected chi connectivity index (χ4v) is 10.5. The summed E-state index contributed by atoms with van der Waals surface area (Å²) in [5.41, 5.74) is 10.5. The van der Waals surface area contributed by atoms with Crippen LogP contribution in [-0.4, -0.2) is 120 Å². The highest BCUT2D eigenvalue weighted by molar-refractivity contribution is 7.10. The largest absolute Gasteiger partial charge is 0.464 e. The molecule has 6 atom stereocenters. The number of hydrogen-bond acceptors (Lipinski definition) is 13. The zero-order valence-corrected chi connectivity index (χ0v) is 37.1. The van der Waals surface area contributed by atoms with Gasteiger partial charge in [-0.3, -0.25) is 29.3 Å². The summed E-state index contributed by atoms with van der Waals surface area (Å²) in [6, 6.07) is 9.60. The maximum Gasteiger partial charge on any atom is 0.324 e. The quantitative estimate of drug-likeness (QED) is 0.242. The van der Waals surface area contributed by atoms with Crippen molar-refractivity contribution in [3.63, 3.8) is 0 Å². The van der Waals surface area contributed by atoms with Crippen LogP contribution in [0.5, 0.6) is 0 Å². The highest BCUT2D eigenvalue weighted by Crippen LogP contribution is 2.43. The van der Waals surface area contributed by atoms with Crippen LogP contribution < -0.4 is 15.6 Å². The molecule has 6 bridgehead atoms. The number of rotatable bonds is 7. The van der Waals surface area contributed by atoms with Crippen LogP contribution in [0.4, 0.5) is 5.69 Å². The van der Waals surface area contributed by atoms with Crippen LogP contribution in [-0.2, 0) is 48.0 Å². The van der Waals surface area contributed by atoms with Gasteiger partial charge in [0.25, 0.3) is 5.91 Å². The molecule has 0 spiro atoms. The first kappa shape index (κ1) is 42.4. The van der Waals surface area contributed by atoms with Gasteiger partial charge in [0.05, 0.1) is 83.8 Å². The van der Waals surface area contributed by atoms with E-state index >= 15 is 0 Å². The van der Waals surface area contributed by atoms with E-state index in [1.165, 1.54) is 16.3 Å². The molecule has 1 aliphatic carbocycles. The van der Waals surface area contributed by atoms with Crippen molar-refractivity contribution in [3.8, 4) is 28.6 Å². The molecule has 3 aromatic heterocycles. The fourth-order valence-electron chi connectivity index (χ4n) is 9.66. The van der Waals surface area contributed by atoms with E-state index in [4.69, 9.17) is 24.2 Å². The second-order valence-corrected chi connectivity index (χ2v) is 19.2. The van der Waals surface area contributed by atoms with Crippen molar-refractivity contribution in [3.05, 3.63) is 52.1 Å². The van der Waals surface area contributed by atoms with Crippen LogP contribution in [0.1, 0.15) is 69.3 Å². The predicted octanol–water partition coefficient (Wildman–Crippen LogP) is 4.88. The zero-order chi connectivity index (χ0) is 43.3. The van der Waals surface area contributed by atoms with Gasteiger partial charge in [-0.05, 0) is 63.3 Å². The number of amides is 2. The molecule has 3 saturated heterocycles. The lowest BCUT2D eigenvalue weighted by Gasteiger charge is -2.44. The van der Waals surface area contributed by atoms with Crippen molar-refractivity contribution in [1.29, 1.82) is 5.26 Å². The smallest absolute Gasteiger partial charge is 0.324 e. The van der Waals surface area contributed by atoms with E-state index in [-0.39, 0.29) is 36.9 Å². The van der Waals surface area contributed by atoms with Crippen LogP contribution in [0.25, 0.3) is 33.4 Å². The van der Waals surface area contributed by atoms with Gasteiger partial charge in [0.15, 0.2) is 0 Å². The molecule has 1 saturated carbocycles. The summed E-state index contributed by atoms with van der Waals surface area (Å²) in [5.74, 6) is -1.88. The van der Waals surface area contributed by atoms with Crippen LogP contribution in [0.2, 0.25) is 0 Å². The number of benzene rings is 1. The number of cyclic esters (lactones) is 1. The Morgan fingerprint density at radius 2 is 2.05 bits per heavy atom. The van der Waals surface area contributed by atoms with E-state index < -0.39 is 29.4 Å². The average Bonchev–Trinajstić information content (AvgIpc) is 3.85. The third kappa shape index (κ3) is 8.33. The van der Waals surface area contributed by atoms with Crippen molar-refractivity contribution in [2.45, 2.75) is 90.6 Å². The van der Waals surface area contributed by atoms with E-state index in [2.05, 4.69) is 76.2 Å². The number of hydrazine groups is 1. The molecule has 9 rings (SSSR count). The number of hydrogen-bond donors (Lipinski definition) is 2. The molecule has 4 aromatic rings. The number of fused-ring (bicyclic) bond motifs is 7. The van der Waals surface area contributed by atoms with Crippen LogP contribution in [0.15, 0.2) is 35.8 Å². The van der Waals surface area contributed by atoms with Crippen molar-refractivity contribution in [1.82, 2.24) is 35.2 Å². The Bertz CT molecular complexity index is 2410. The van der Waals surface area contributed by atoms with Gasteiger partial charge in [0.2, 0.25) is 5.91 Å². The third-order valence-corrected chi connectivity index (χ3v) is 14.2. The summed E-state index contributed by atoms with van der Waals surface area (Å²) in [4.78, 5) is 56.5. The number of ether oxygens (including phenoxy) is 3. The van der Waals surface area contributed by atoms with Crippen LogP contribution >= 0.6 is 11.3 Å². The minimum Gasteiger partial charge on any atom is -0.464 e. The van der Waals surface area contributed by atoms with Gasteiger partial charge in [0.1, 0.15) is 12.1 Å². The van der Waals surface area contributed by atoms with Gasteiger partial charge in [-0.15, -0.1) is 11.3 Å². The number of nitrogens with one attached hydrogen (secondary N) is 2. The SMILES string of the molecule is CCn1c(-c2cc(N3CCN4CCOC[C@@H]4C3)cnc2[C@H](C)OC)c2c3cc(ccc31)-c1csc(n1)C[C@H](NC(=O)[C@@H]1C[C@H]1C#N)C(=O)N1CCC[C@H](N1)C(=O)OCC(C)(C)C2.